The average Bonchev–Trinajstić information content (AvgIpc) is 2.97. The lowest BCUT2D eigenvalue weighted by atomic mass is 10.3. The van der Waals surface area contributed by atoms with Gasteiger partial charge in [-0.2, -0.15) is 5.10 Å². The minimum Gasteiger partial charge on any atom is -0.352 e. The maximum Gasteiger partial charge on any atom is 0.249 e. The van der Waals surface area contributed by atoms with Crippen molar-refractivity contribution in [2.45, 2.75) is 38.6 Å². The summed E-state index contributed by atoms with van der Waals surface area (Å²) in [6, 6.07) is 3.66. The van der Waals surface area contributed by atoms with Crippen LogP contribution in [0.2, 0.25) is 0 Å². The highest BCUT2D eigenvalue weighted by Crippen LogP contribution is 2.13. The zero-order valence-corrected chi connectivity index (χ0v) is 11.3. The van der Waals surface area contributed by atoms with Gasteiger partial charge in [0.15, 0.2) is 0 Å². The first-order valence-corrected chi connectivity index (χ1v) is 6.74. The predicted molar refractivity (Wildman–Crippen MR) is 74.7 cm³/mol. The van der Waals surface area contributed by atoms with E-state index >= 15 is 0 Å². The van der Waals surface area contributed by atoms with Gasteiger partial charge in [0, 0.05) is 24.7 Å². The summed E-state index contributed by atoms with van der Waals surface area (Å²) in [6.45, 7) is 0.370. The summed E-state index contributed by atoms with van der Waals surface area (Å²) < 4.78 is 0. The van der Waals surface area contributed by atoms with Crippen molar-refractivity contribution in [2.24, 2.45) is 5.10 Å². The number of carbonyl (C=O) groups excluding carboxylic acids is 2. The topological polar surface area (TPSA) is 83.5 Å². The van der Waals surface area contributed by atoms with E-state index in [-0.39, 0.29) is 18.2 Å². The zero-order valence-electron chi connectivity index (χ0n) is 11.3. The fourth-order valence-electron chi connectivity index (χ4n) is 1.99. The Balaban J connectivity index is 1.68. The molecule has 0 aliphatic heterocycles. The van der Waals surface area contributed by atoms with Crippen molar-refractivity contribution in [3.05, 3.63) is 30.1 Å². The van der Waals surface area contributed by atoms with Gasteiger partial charge in [-0.15, -0.1) is 0 Å². The highest BCUT2D eigenvalue weighted by atomic mass is 16.2. The molecular formula is C14H18N4O2. The number of rotatable bonds is 5. The van der Waals surface area contributed by atoms with Gasteiger partial charge in [-0.25, -0.2) is 5.43 Å². The molecular weight excluding hydrogens is 256 g/mol. The number of carbonyl (C=O) groups is 2. The Bertz CT molecular complexity index is 491. The Hall–Kier alpha value is -2.24. The maximum atomic E-state index is 11.6. The molecule has 1 saturated carbocycles. The van der Waals surface area contributed by atoms with Crippen LogP contribution in [0.25, 0.3) is 0 Å². The van der Waals surface area contributed by atoms with Gasteiger partial charge in [-0.05, 0) is 37.3 Å². The quantitative estimate of drug-likeness (QED) is 0.623. The first-order valence-electron chi connectivity index (χ1n) is 6.74. The molecule has 0 radical (unpaired) electrons. The third-order valence-electron chi connectivity index (χ3n) is 3.05. The first-order chi connectivity index (χ1) is 9.74. The zero-order chi connectivity index (χ0) is 14.2. The second-order valence-corrected chi connectivity index (χ2v) is 4.73. The van der Waals surface area contributed by atoms with Crippen LogP contribution >= 0.6 is 0 Å². The van der Waals surface area contributed by atoms with Gasteiger partial charge in [-0.1, -0.05) is 6.07 Å². The summed E-state index contributed by atoms with van der Waals surface area (Å²) in [5, 5.41) is 6.69. The van der Waals surface area contributed by atoms with Crippen LogP contribution < -0.4 is 10.7 Å². The molecule has 1 heterocycles. The summed E-state index contributed by atoms with van der Waals surface area (Å²) in [4.78, 5) is 27.1. The second kappa shape index (κ2) is 7.37. The highest BCUT2D eigenvalue weighted by Gasteiger charge is 2.11. The van der Waals surface area contributed by atoms with Crippen molar-refractivity contribution in [2.75, 3.05) is 0 Å². The van der Waals surface area contributed by atoms with Crippen LogP contribution in [0.3, 0.4) is 0 Å². The molecule has 1 aliphatic rings. The lowest BCUT2D eigenvalue weighted by Gasteiger charge is -2.04. The van der Waals surface area contributed by atoms with Crippen LogP contribution in [0.5, 0.6) is 0 Å². The van der Waals surface area contributed by atoms with Gasteiger partial charge >= 0.3 is 0 Å². The molecule has 2 rings (SSSR count). The third-order valence-corrected chi connectivity index (χ3v) is 3.05. The fraction of sp³-hybridized carbons (Fsp3) is 0.429. The van der Waals surface area contributed by atoms with Crippen LogP contribution in [0, 0.1) is 0 Å². The number of hydrazone groups is 1. The summed E-state index contributed by atoms with van der Waals surface area (Å²) in [7, 11) is 0. The number of nitrogens with zero attached hydrogens (tertiary/aromatic N) is 2. The largest absolute Gasteiger partial charge is 0.352 e. The van der Waals surface area contributed by atoms with E-state index in [1.54, 1.807) is 18.5 Å². The van der Waals surface area contributed by atoms with Crippen molar-refractivity contribution in [1.29, 1.82) is 0 Å². The third kappa shape index (κ3) is 4.79. The van der Waals surface area contributed by atoms with Crippen molar-refractivity contribution in [3.63, 3.8) is 0 Å². The Kier molecular flexibility index (Phi) is 5.23. The summed E-state index contributed by atoms with van der Waals surface area (Å²) in [5.74, 6) is -0.703. The van der Waals surface area contributed by atoms with E-state index in [0.29, 0.717) is 6.54 Å². The number of hydrogen-bond donors (Lipinski definition) is 2. The molecule has 0 saturated heterocycles. The van der Waals surface area contributed by atoms with Gasteiger partial charge in [0.2, 0.25) is 11.8 Å². The Morgan fingerprint density at radius 1 is 1.25 bits per heavy atom. The molecule has 6 heteroatoms. The predicted octanol–water partition coefficient (Wildman–Crippen LogP) is 1.13. The molecule has 0 aromatic carbocycles. The fourth-order valence-corrected chi connectivity index (χ4v) is 1.99. The molecule has 0 atom stereocenters. The van der Waals surface area contributed by atoms with Gasteiger partial charge in [0.1, 0.15) is 6.42 Å². The van der Waals surface area contributed by atoms with E-state index in [1.165, 1.54) is 0 Å². The lowest BCUT2D eigenvalue weighted by molar-refractivity contribution is -0.129. The van der Waals surface area contributed by atoms with Crippen LogP contribution in [0.1, 0.15) is 37.7 Å². The van der Waals surface area contributed by atoms with Gasteiger partial charge in [0.05, 0.1) is 0 Å². The summed E-state index contributed by atoms with van der Waals surface area (Å²) >= 11 is 0. The minimum atomic E-state index is -0.381. The monoisotopic (exact) mass is 274 g/mol. The van der Waals surface area contributed by atoms with E-state index in [2.05, 4.69) is 20.8 Å². The smallest absolute Gasteiger partial charge is 0.249 e. The number of nitrogens with one attached hydrogen (secondary N) is 2. The Labute approximate surface area is 117 Å². The maximum absolute atomic E-state index is 11.6. The minimum absolute atomic E-state index is 0.211. The summed E-state index contributed by atoms with van der Waals surface area (Å²) in [5.41, 5.74) is 4.33. The van der Waals surface area contributed by atoms with E-state index in [0.717, 1.165) is 37.0 Å². The second-order valence-electron chi connectivity index (χ2n) is 4.73. The lowest BCUT2D eigenvalue weighted by Crippen LogP contribution is -2.29. The van der Waals surface area contributed by atoms with E-state index in [9.17, 15) is 9.59 Å². The SMILES string of the molecule is O=C(CC(=O)NN=C1CCCC1)NCc1cccnc1. The molecule has 0 unspecified atom stereocenters. The van der Waals surface area contributed by atoms with Crippen LogP contribution in [0.15, 0.2) is 29.6 Å². The molecule has 0 spiro atoms. The normalized spacial score (nSPS) is 13.9. The highest BCUT2D eigenvalue weighted by molar-refractivity contribution is 5.97. The number of aromatic nitrogens is 1. The van der Waals surface area contributed by atoms with Crippen LogP contribution in [-0.4, -0.2) is 22.5 Å². The van der Waals surface area contributed by atoms with Crippen LogP contribution in [0.4, 0.5) is 0 Å². The molecule has 0 bridgehead atoms. The standard InChI is InChI=1S/C14H18N4O2/c19-13(16-10-11-4-3-7-15-9-11)8-14(20)18-17-12-5-1-2-6-12/h3-4,7,9H,1-2,5-6,8,10H2,(H,16,19)(H,18,20). The average molecular weight is 274 g/mol. The molecule has 2 amide bonds. The van der Waals surface area contributed by atoms with Crippen molar-refractivity contribution < 1.29 is 9.59 Å². The first kappa shape index (κ1) is 14.2. The van der Waals surface area contributed by atoms with E-state index < -0.39 is 0 Å². The molecule has 2 N–H and O–H groups in total. The molecule has 6 nitrogen and oxygen atoms in total. The van der Waals surface area contributed by atoms with Crippen LogP contribution in [-0.2, 0) is 16.1 Å². The van der Waals surface area contributed by atoms with Crippen molar-refractivity contribution >= 4 is 17.5 Å². The molecule has 1 fully saturated rings. The van der Waals surface area contributed by atoms with Crippen molar-refractivity contribution in [1.82, 2.24) is 15.7 Å². The van der Waals surface area contributed by atoms with Crippen molar-refractivity contribution in [3.8, 4) is 0 Å². The number of hydrogen-bond acceptors (Lipinski definition) is 4. The Morgan fingerprint density at radius 3 is 2.75 bits per heavy atom. The molecule has 1 aromatic rings. The van der Waals surface area contributed by atoms with E-state index in [4.69, 9.17) is 0 Å². The molecule has 1 aliphatic carbocycles. The van der Waals surface area contributed by atoms with E-state index in [1.807, 2.05) is 6.07 Å². The molecule has 20 heavy (non-hydrogen) atoms. The Morgan fingerprint density at radius 2 is 2.05 bits per heavy atom. The molecule has 106 valence electrons. The van der Waals surface area contributed by atoms with Gasteiger partial charge in [-0.3, -0.25) is 14.6 Å². The number of amides is 2. The molecule has 1 aromatic heterocycles. The van der Waals surface area contributed by atoms with Gasteiger partial charge in [0.25, 0.3) is 0 Å². The summed E-state index contributed by atoms with van der Waals surface area (Å²) in [6.07, 6.45) is 7.26. The number of pyridine rings is 1. The van der Waals surface area contributed by atoms with Gasteiger partial charge < -0.3 is 5.32 Å².